The molecule has 0 amide bonds. The van der Waals surface area contributed by atoms with E-state index < -0.39 is 71.2 Å². The highest BCUT2D eigenvalue weighted by Gasteiger charge is 2.74. The lowest BCUT2D eigenvalue weighted by Gasteiger charge is -2.61. The minimum atomic E-state index is -1.07. The molecule has 12 heteroatoms. The normalized spacial score (nSPS) is 35.8. The van der Waals surface area contributed by atoms with Crippen LogP contribution in [0.25, 0.3) is 0 Å². The first kappa shape index (κ1) is 25.4. The molecule has 0 aromatic rings. The minimum absolute atomic E-state index is 0.0528. The summed E-state index contributed by atoms with van der Waals surface area (Å²) < 4.78 is 20.6. The van der Waals surface area contributed by atoms with Gasteiger partial charge in [-0.3, -0.25) is 19.2 Å². The second-order valence-corrected chi connectivity index (χ2v) is 8.26. The van der Waals surface area contributed by atoms with Crippen LogP contribution in [0.15, 0.2) is 10.3 Å². The van der Waals surface area contributed by atoms with Gasteiger partial charge < -0.3 is 29.4 Å². The zero-order valence-electron chi connectivity index (χ0n) is 19.5. The molecular formula is C22H30N2O10. The second-order valence-electron chi connectivity index (χ2n) is 8.26. The fourth-order valence-corrected chi connectivity index (χ4v) is 5.81. The Bertz CT molecular complexity index is 764. The van der Waals surface area contributed by atoms with Crippen LogP contribution < -0.4 is 0 Å². The summed E-state index contributed by atoms with van der Waals surface area (Å²) in [6.07, 6.45) is 0. The number of rotatable bonds is 8. The molecular weight excluding hydrogens is 452 g/mol. The number of fused-ring (bicyclic) bond motifs is 2. The molecule has 0 bridgehead atoms. The molecule has 8 atom stereocenters. The average molecular weight is 482 g/mol. The van der Waals surface area contributed by atoms with Crippen molar-refractivity contribution in [2.45, 2.75) is 27.7 Å². The van der Waals surface area contributed by atoms with Crippen molar-refractivity contribution in [3.8, 4) is 0 Å². The van der Waals surface area contributed by atoms with E-state index in [4.69, 9.17) is 18.9 Å². The molecule has 0 heterocycles. The quantitative estimate of drug-likeness (QED) is 0.219. The highest BCUT2D eigenvalue weighted by Crippen LogP contribution is 2.62. The number of nitrogens with zero attached hydrogens (tertiary/aromatic N) is 2. The maximum Gasteiger partial charge on any atom is 0.310 e. The van der Waals surface area contributed by atoms with Gasteiger partial charge in [0.1, 0.15) is 0 Å². The van der Waals surface area contributed by atoms with Crippen molar-refractivity contribution >= 4 is 35.3 Å². The lowest BCUT2D eigenvalue weighted by Crippen LogP contribution is -2.73. The van der Waals surface area contributed by atoms with Gasteiger partial charge in [-0.1, -0.05) is 10.3 Å². The Morgan fingerprint density at radius 1 is 0.559 bits per heavy atom. The summed E-state index contributed by atoms with van der Waals surface area (Å²) in [4.78, 5) is 51.2. The molecule has 0 unspecified atom stereocenters. The first-order chi connectivity index (χ1) is 16.3. The van der Waals surface area contributed by atoms with Crippen LogP contribution in [0.2, 0.25) is 0 Å². The molecule has 0 saturated heterocycles. The number of hydrogen-bond donors (Lipinski definition) is 2. The fourth-order valence-electron chi connectivity index (χ4n) is 5.81. The lowest BCUT2D eigenvalue weighted by atomic mass is 9.39. The van der Waals surface area contributed by atoms with Crippen molar-refractivity contribution in [3.63, 3.8) is 0 Å². The van der Waals surface area contributed by atoms with Crippen LogP contribution in [0.5, 0.6) is 0 Å². The SMILES string of the molecule is CCOC(=O)[C@@H]1[C@H](C(=O)OCC)[C@H]2C(=NO)[C@@H]3[C@H](C(=O)OCC)[C@H](C(=O)OCC)[C@@H]3C(=NO)[C@H]12. The van der Waals surface area contributed by atoms with Crippen molar-refractivity contribution in [3.05, 3.63) is 0 Å². The van der Waals surface area contributed by atoms with Crippen LogP contribution in [-0.4, -0.2) is 72.1 Å². The molecule has 3 aliphatic carbocycles. The van der Waals surface area contributed by atoms with Gasteiger partial charge in [-0.05, 0) is 27.7 Å². The van der Waals surface area contributed by atoms with Crippen molar-refractivity contribution < 1.29 is 48.5 Å². The van der Waals surface area contributed by atoms with E-state index in [9.17, 15) is 29.6 Å². The van der Waals surface area contributed by atoms with Gasteiger partial charge >= 0.3 is 23.9 Å². The van der Waals surface area contributed by atoms with E-state index in [0.29, 0.717) is 0 Å². The van der Waals surface area contributed by atoms with Gasteiger partial charge in [0.05, 0.1) is 61.5 Å². The van der Waals surface area contributed by atoms with Crippen LogP contribution in [0.3, 0.4) is 0 Å². The fraction of sp³-hybridized carbons (Fsp3) is 0.727. The van der Waals surface area contributed by atoms with Gasteiger partial charge in [0.15, 0.2) is 0 Å². The maximum absolute atomic E-state index is 12.8. The Morgan fingerprint density at radius 3 is 0.912 bits per heavy atom. The number of hydrogen-bond acceptors (Lipinski definition) is 12. The van der Waals surface area contributed by atoms with Gasteiger partial charge in [0.2, 0.25) is 0 Å². The predicted octanol–water partition coefficient (Wildman–Crippen LogP) is 0.870. The van der Waals surface area contributed by atoms with Gasteiger partial charge in [0.25, 0.3) is 0 Å². The van der Waals surface area contributed by atoms with Crippen LogP contribution in [0.1, 0.15) is 27.7 Å². The molecule has 2 N–H and O–H groups in total. The second kappa shape index (κ2) is 10.4. The van der Waals surface area contributed by atoms with E-state index in [1.807, 2.05) is 0 Å². The van der Waals surface area contributed by atoms with Crippen LogP contribution >= 0.6 is 0 Å². The number of esters is 4. The third kappa shape index (κ3) is 3.78. The van der Waals surface area contributed by atoms with Gasteiger partial charge in [-0.15, -0.1) is 0 Å². The van der Waals surface area contributed by atoms with Crippen LogP contribution in [-0.2, 0) is 38.1 Å². The third-order valence-electron chi connectivity index (χ3n) is 6.93. The Labute approximate surface area is 196 Å². The van der Waals surface area contributed by atoms with Crippen LogP contribution in [0.4, 0.5) is 0 Å². The topological polar surface area (TPSA) is 170 Å². The first-order valence-electron chi connectivity index (χ1n) is 11.4. The van der Waals surface area contributed by atoms with E-state index in [-0.39, 0.29) is 37.9 Å². The van der Waals surface area contributed by atoms with Crippen molar-refractivity contribution in [1.29, 1.82) is 0 Å². The zero-order valence-corrected chi connectivity index (χ0v) is 19.5. The highest BCUT2D eigenvalue weighted by atomic mass is 16.5. The molecule has 188 valence electrons. The van der Waals surface area contributed by atoms with E-state index in [2.05, 4.69) is 10.3 Å². The van der Waals surface area contributed by atoms with Gasteiger partial charge in [0, 0.05) is 23.7 Å². The molecule has 0 aliphatic heterocycles. The smallest absolute Gasteiger partial charge is 0.310 e. The first-order valence-corrected chi connectivity index (χ1v) is 11.4. The number of oxime groups is 2. The van der Waals surface area contributed by atoms with E-state index >= 15 is 0 Å². The third-order valence-corrected chi connectivity index (χ3v) is 6.93. The van der Waals surface area contributed by atoms with Gasteiger partial charge in [-0.2, -0.15) is 0 Å². The summed E-state index contributed by atoms with van der Waals surface area (Å²) in [6.45, 7) is 6.65. The highest BCUT2D eigenvalue weighted by molar-refractivity contribution is 6.15. The Balaban J connectivity index is 2.10. The summed E-state index contributed by atoms with van der Waals surface area (Å²) in [5.74, 6) is -10.6. The summed E-state index contributed by atoms with van der Waals surface area (Å²) in [6, 6.07) is 0. The van der Waals surface area contributed by atoms with E-state index in [0.717, 1.165) is 0 Å². The molecule has 0 radical (unpaired) electrons. The van der Waals surface area contributed by atoms with Gasteiger partial charge in [-0.25, -0.2) is 0 Å². The number of carbonyl (C=O) groups is 4. The molecule has 3 rings (SSSR count). The monoisotopic (exact) mass is 482 g/mol. The summed E-state index contributed by atoms with van der Waals surface area (Å²) in [5.41, 5.74) is 0.110. The summed E-state index contributed by atoms with van der Waals surface area (Å²) in [7, 11) is 0. The van der Waals surface area contributed by atoms with Crippen molar-refractivity contribution in [2.75, 3.05) is 26.4 Å². The molecule has 3 fully saturated rings. The lowest BCUT2D eigenvalue weighted by molar-refractivity contribution is -0.181. The molecule has 3 saturated carbocycles. The average Bonchev–Trinajstić information content (AvgIpc) is 2.76. The molecule has 3 aliphatic rings. The molecule has 0 aromatic carbocycles. The zero-order chi connectivity index (χ0) is 25.2. The number of carbonyl (C=O) groups excluding carboxylic acids is 4. The molecule has 0 aromatic heterocycles. The Morgan fingerprint density at radius 2 is 0.765 bits per heavy atom. The molecule has 0 spiro atoms. The van der Waals surface area contributed by atoms with Crippen LogP contribution in [0, 0.1) is 47.3 Å². The minimum Gasteiger partial charge on any atom is -0.466 e. The maximum atomic E-state index is 12.8. The molecule has 34 heavy (non-hydrogen) atoms. The molecule has 12 nitrogen and oxygen atoms in total. The largest absolute Gasteiger partial charge is 0.466 e. The Hall–Kier alpha value is -3.18. The van der Waals surface area contributed by atoms with Crippen molar-refractivity contribution in [1.82, 2.24) is 0 Å². The van der Waals surface area contributed by atoms with Crippen molar-refractivity contribution in [2.24, 2.45) is 57.7 Å². The number of ether oxygens (including phenoxy) is 4. The predicted molar refractivity (Wildman–Crippen MR) is 113 cm³/mol. The summed E-state index contributed by atoms with van der Waals surface area (Å²) in [5, 5.41) is 26.7. The van der Waals surface area contributed by atoms with E-state index in [1.165, 1.54) is 0 Å². The standard InChI is InChI=1S/C22H30N2O10/c1-5-31-19(25)13-9-10(14(13)20(26)32-6-2)18(24-30)12-11(17(9)23-29)15(21(27)33-7-3)16(12)22(28)34-8-4/h9-16,29-30H,5-8H2,1-4H3/t9-,10-,11-,12+,13+,14-,15-,16+/m0/s1. The van der Waals surface area contributed by atoms with E-state index in [1.54, 1.807) is 27.7 Å². The summed E-state index contributed by atoms with van der Waals surface area (Å²) >= 11 is 0. The Kier molecular flexibility index (Phi) is 7.78.